The first-order chi connectivity index (χ1) is 13.6. The molecule has 1 heterocycles. The lowest BCUT2D eigenvalue weighted by Crippen LogP contribution is -2.32. The lowest BCUT2D eigenvalue weighted by molar-refractivity contribution is 0.0950. The highest BCUT2D eigenvalue weighted by molar-refractivity contribution is 6.06. The number of benzene rings is 2. The van der Waals surface area contributed by atoms with Gasteiger partial charge in [0.25, 0.3) is 11.8 Å². The smallest absolute Gasteiger partial charge is 0.271 e. The van der Waals surface area contributed by atoms with Gasteiger partial charge >= 0.3 is 0 Å². The maximum atomic E-state index is 13.8. The monoisotopic (exact) mass is 376 g/mol. The van der Waals surface area contributed by atoms with Crippen LogP contribution in [0, 0.1) is 5.82 Å². The lowest BCUT2D eigenvalue weighted by Gasteiger charge is -2.10. The summed E-state index contributed by atoms with van der Waals surface area (Å²) in [4.78, 5) is 28.3. The van der Waals surface area contributed by atoms with Gasteiger partial charge in [-0.2, -0.15) is 5.10 Å². The van der Waals surface area contributed by atoms with Crippen molar-refractivity contribution in [2.75, 3.05) is 6.54 Å². The third-order valence-electron chi connectivity index (χ3n) is 3.88. The average Bonchev–Trinajstić information content (AvgIpc) is 2.75. The molecule has 3 aromatic rings. The molecule has 0 aliphatic rings. The third-order valence-corrected chi connectivity index (χ3v) is 3.88. The third kappa shape index (κ3) is 4.85. The van der Waals surface area contributed by atoms with Gasteiger partial charge in [-0.1, -0.05) is 42.5 Å². The molecule has 0 saturated carbocycles. The van der Waals surface area contributed by atoms with Gasteiger partial charge < -0.3 is 5.32 Å². The predicted octanol–water partition coefficient (Wildman–Crippen LogP) is 2.78. The molecule has 2 amide bonds. The second-order valence-corrected chi connectivity index (χ2v) is 5.76. The van der Waals surface area contributed by atoms with E-state index in [1.54, 1.807) is 30.3 Å². The van der Waals surface area contributed by atoms with E-state index in [2.05, 4.69) is 20.8 Å². The van der Waals surface area contributed by atoms with Crippen LogP contribution >= 0.6 is 0 Å². The highest BCUT2D eigenvalue weighted by Crippen LogP contribution is 2.06. The number of carbonyl (C=O) groups excluding carboxylic acids is 2. The van der Waals surface area contributed by atoms with E-state index in [0.29, 0.717) is 16.8 Å². The molecule has 2 aromatic carbocycles. The van der Waals surface area contributed by atoms with Crippen molar-refractivity contribution in [2.45, 2.75) is 0 Å². The molecule has 0 bridgehead atoms. The predicted molar refractivity (Wildman–Crippen MR) is 103 cm³/mol. The van der Waals surface area contributed by atoms with Gasteiger partial charge in [0.05, 0.1) is 17.8 Å². The minimum atomic E-state index is -0.607. The number of hydrogen-bond acceptors (Lipinski definition) is 4. The molecule has 0 spiro atoms. The molecule has 0 aliphatic carbocycles. The number of nitrogens with zero attached hydrogens (tertiary/aromatic N) is 2. The number of hydrogen-bond donors (Lipinski definition) is 2. The van der Waals surface area contributed by atoms with Crippen molar-refractivity contribution in [3.63, 3.8) is 0 Å². The second-order valence-electron chi connectivity index (χ2n) is 5.76. The molecule has 7 heteroatoms. The Bertz CT molecular complexity index is 992. The summed E-state index contributed by atoms with van der Waals surface area (Å²) < 4.78 is 13.8. The first kappa shape index (κ1) is 18.9. The number of carbonyl (C=O) groups is 2. The maximum absolute atomic E-state index is 13.8. The standard InChI is InChI=1S/C21H17FN4O2/c22-18-9-5-4-8-17(18)21(28)24-14-19(15-6-2-1-3-7-15)25-26-20(27)16-10-12-23-13-11-16/h1-13H,14H2,(H,24,28)(H,26,27)/b25-19-. The minimum absolute atomic E-state index is 0.00774. The Morgan fingerprint density at radius 1 is 0.857 bits per heavy atom. The summed E-state index contributed by atoms with van der Waals surface area (Å²) in [6, 6.07) is 17.9. The molecule has 3 rings (SSSR count). The molecule has 0 saturated heterocycles. The SMILES string of the molecule is O=C(N/N=C(/CNC(=O)c1ccccc1F)c1ccccc1)c1ccncc1. The van der Waals surface area contributed by atoms with Gasteiger partial charge in [-0.15, -0.1) is 0 Å². The van der Waals surface area contributed by atoms with Crippen LogP contribution in [-0.4, -0.2) is 29.1 Å². The molecule has 0 radical (unpaired) electrons. The van der Waals surface area contributed by atoms with Crippen molar-refractivity contribution >= 4 is 17.5 Å². The fraction of sp³-hybridized carbons (Fsp3) is 0.0476. The molecular weight excluding hydrogens is 359 g/mol. The van der Waals surface area contributed by atoms with Gasteiger partial charge in [0, 0.05) is 18.0 Å². The molecule has 6 nitrogen and oxygen atoms in total. The van der Waals surface area contributed by atoms with E-state index in [4.69, 9.17) is 0 Å². The van der Waals surface area contributed by atoms with Gasteiger partial charge in [-0.3, -0.25) is 14.6 Å². The van der Waals surface area contributed by atoms with E-state index in [9.17, 15) is 14.0 Å². The molecule has 2 N–H and O–H groups in total. The van der Waals surface area contributed by atoms with Crippen LogP contribution in [0.1, 0.15) is 26.3 Å². The van der Waals surface area contributed by atoms with E-state index in [1.807, 2.05) is 18.2 Å². The first-order valence-corrected chi connectivity index (χ1v) is 8.50. The van der Waals surface area contributed by atoms with Crippen LogP contribution in [0.5, 0.6) is 0 Å². The summed E-state index contributed by atoms with van der Waals surface area (Å²) in [6.07, 6.45) is 3.01. The topological polar surface area (TPSA) is 83.5 Å². The van der Waals surface area contributed by atoms with E-state index >= 15 is 0 Å². The normalized spacial score (nSPS) is 11.0. The maximum Gasteiger partial charge on any atom is 0.271 e. The van der Waals surface area contributed by atoms with Crippen molar-refractivity contribution in [1.29, 1.82) is 0 Å². The molecule has 0 unspecified atom stereocenters. The van der Waals surface area contributed by atoms with Gasteiger partial charge in [-0.25, -0.2) is 9.82 Å². The van der Waals surface area contributed by atoms with E-state index in [0.717, 1.165) is 0 Å². The minimum Gasteiger partial charge on any atom is -0.346 e. The molecule has 28 heavy (non-hydrogen) atoms. The quantitative estimate of drug-likeness (QED) is 0.513. The van der Waals surface area contributed by atoms with Crippen molar-refractivity contribution in [3.8, 4) is 0 Å². The van der Waals surface area contributed by atoms with Crippen LogP contribution in [-0.2, 0) is 0 Å². The van der Waals surface area contributed by atoms with Crippen molar-refractivity contribution < 1.29 is 14.0 Å². The Hall–Kier alpha value is -3.87. The summed E-state index contributed by atoms with van der Waals surface area (Å²) in [5, 5.41) is 6.78. The highest BCUT2D eigenvalue weighted by Gasteiger charge is 2.13. The number of aromatic nitrogens is 1. The van der Waals surface area contributed by atoms with Gasteiger partial charge in [0.15, 0.2) is 0 Å². The summed E-state index contributed by atoms with van der Waals surface area (Å²) in [7, 11) is 0. The fourth-order valence-corrected chi connectivity index (χ4v) is 2.43. The van der Waals surface area contributed by atoms with Gasteiger partial charge in [0.1, 0.15) is 5.82 Å². The Morgan fingerprint density at radius 3 is 2.25 bits per heavy atom. The number of amides is 2. The van der Waals surface area contributed by atoms with Crippen molar-refractivity contribution in [3.05, 3.63) is 102 Å². The molecule has 0 fully saturated rings. The van der Waals surface area contributed by atoms with Gasteiger partial charge in [0.2, 0.25) is 0 Å². The Labute approximate surface area is 161 Å². The number of pyridine rings is 1. The Balaban J connectivity index is 1.75. The molecule has 0 aliphatic heterocycles. The second kappa shape index (κ2) is 9.18. The fourth-order valence-electron chi connectivity index (χ4n) is 2.43. The van der Waals surface area contributed by atoms with Crippen LogP contribution < -0.4 is 10.7 Å². The van der Waals surface area contributed by atoms with E-state index in [1.165, 1.54) is 30.6 Å². The largest absolute Gasteiger partial charge is 0.346 e. The van der Waals surface area contributed by atoms with Crippen LogP contribution in [0.15, 0.2) is 84.2 Å². The van der Waals surface area contributed by atoms with Crippen LogP contribution in [0.3, 0.4) is 0 Å². The summed E-state index contributed by atoms with van der Waals surface area (Å²) in [5.41, 5.74) is 3.95. The van der Waals surface area contributed by atoms with E-state index in [-0.39, 0.29) is 12.1 Å². The Morgan fingerprint density at radius 2 is 1.54 bits per heavy atom. The molecule has 140 valence electrons. The highest BCUT2D eigenvalue weighted by atomic mass is 19.1. The van der Waals surface area contributed by atoms with E-state index < -0.39 is 17.6 Å². The average molecular weight is 376 g/mol. The van der Waals surface area contributed by atoms with Gasteiger partial charge in [-0.05, 0) is 29.8 Å². The van der Waals surface area contributed by atoms with Crippen LogP contribution in [0.4, 0.5) is 4.39 Å². The first-order valence-electron chi connectivity index (χ1n) is 8.50. The number of nitrogens with one attached hydrogen (secondary N) is 2. The lowest BCUT2D eigenvalue weighted by atomic mass is 10.1. The number of hydrazone groups is 1. The number of rotatable bonds is 6. The van der Waals surface area contributed by atoms with Crippen LogP contribution in [0.25, 0.3) is 0 Å². The van der Waals surface area contributed by atoms with Crippen LogP contribution in [0.2, 0.25) is 0 Å². The molecule has 1 aromatic heterocycles. The number of halogens is 1. The molecular formula is C21H17FN4O2. The van der Waals surface area contributed by atoms with Crippen molar-refractivity contribution in [2.24, 2.45) is 5.10 Å². The van der Waals surface area contributed by atoms with Crippen molar-refractivity contribution in [1.82, 2.24) is 15.7 Å². The molecule has 0 atom stereocenters. The zero-order chi connectivity index (χ0) is 19.8. The summed E-state index contributed by atoms with van der Waals surface area (Å²) in [5.74, 6) is -1.58. The zero-order valence-electron chi connectivity index (χ0n) is 14.8. The summed E-state index contributed by atoms with van der Waals surface area (Å²) in [6.45, 7) is 0.00774. The Kier molecular flexibility index (Phi) is 6.20. The zero-order valence-corrected chi connectivity index (χ0v) is 14.8. The summed E-state index contributed by atoms with van der Waals surface area (Å²) >= 11 is 0.